The van der Waals surface area contributed by atoms with Crippen molar-refractivity contribution in [3.63, 3.8) is 0 Å². The summed E-state index contributed by atoms with van der Waals surface area (Å²) >= 11 is 0. The first-order chi connectivity index (χ1) is 12.6. The molecular weight excluding hydrogens is 342 g/mol. The minimum Gasteiger partial charge on any atom is -0.507 e. The minimum absolute atomic E-state index is 0.0381. The SMILES string of the molecule is O=C(Nc1ccc(C(=O)O)c(O)c1)OCCOCCOc1ccccc1. The van der Waals surface area contributed by atoms with E-state index in [1.165, 1.54) is 12.1 Å². The predicted molar refractivity (Wildman–Crippen MR) is 92.8 cm³/mol. The lowest BCUT2D eigenvalue weighted by Gasteiger charge is -2.09. The van der Waals surface area contributed by atoms with Crippen molar-refractivity contribution in [2.45, 2.75) is 0 Å². The van der Waals surface area contributed by atoms with E-state index in [0.717, 1.165) is 11.8 Å². The van der Waals surface area contributed by atoms with E-state index in [9.17, 15) is 14.7 Å². The van der Waals surface area contributed by atoms with Gasteiger partial charge in [0.15, 0.2) is 0 Å². The number of nitrogens with one attached hydrogen (secondary N) is 1. The van der Waals surface area contributed by atoms with Crippen LogP contribution in [0.2, 0.25) is 0 Å². The molecule has 0 fully saturated rings. The van der Waals surface area contributed by atoms with Crippen LogP contribution in [0.5, 0.6) is 11.5 Å². The quantitative estimate of drug-likeness (QED) is 0.588. The molecule has 0 heterocycles. The summed E-state index contributed by atoms with van der Waals surface area (Å²) in [4.78, 5) is 22.4. The van der Waals surface area contributed by atoms with Crippen LogP contribution in [-0.4, -0.2) is 48.7 Å². The Morgan fingerprint density at radius 3 is 2.38 bits per heavy atom. The van der Waals surface area contributed by atoms with Crippen molar-refractivity contribution in [2.75, 3.05) is 31.7 Å². The Bertz CT molecular complexity index is 734. The molecule has 0 saturated carbocycles. The number of anilines is 1. The zero-order valence-electron chi connectivity index (χ0n) is 13.9. The second-order valence-electron chi connectivity index (χ2n) is 5.07. The molecule has 1 amide bonds. The molecular formula is C18H19NO7. The largest absolute Gasteiger partial charge is 0.507 e. The van der Waals surface area contributed by atoms with Crippen molar-refractivity contribution in [3.8, 4) is 11.5 Å². The van der Waals surface area contributed by atoms with Crippen LogP contribution < -0.4 is 10.1 Å². The fourth-order valence-corrected chi connectivity index (χ4v) is 1.97. The topological polar surface area (TPSA) is 114 Å². The first-order valence-corrected chi connectivity index (χ1v) is 7.82. The number of aromatic hydroxyl groups is 1. The number of carboxylic acid groups (broad SMARTS) is 1. The Hall–Kier alpha value is -3.26. The third-order valence-corrected chi connectivity index (χ3v) is 3.17. The van der Waals surface area contributed by atoms with Gasteiger partial charge in [0.1, 0.15) is 30.3 Å². The van der Waals surface area contributed by atoms with Crippen molar-refractivity contribution in [1.29, 1.82) is 0 Å². The van der Waals surface area contributed by atoms with Crippen LogP contribution in [0.4, 0.5) is 10.5 Å². The number of carboxylic acids is 1. The van der Waals surface area contributed by atoms with Gasteiger partial charge in [0, 0.05) is 11.8 Å². The summed E-state index contributed by atoms with van der Waals surface area (Å²) < 4.78 is 15.6. The summed E-state index contributed by atoms with van der Waals surface area (Å²) in [5.74, 6) is -0.953. The standard InChI is InChI=1S/C18H19NO7/c20-16-12-13(6-7-15(16)17(21)22)19-18(23)26-11-9-24-8-10-25-14-4-2-1-3-5-14/h1-7,12,20H,8-11H2,(H,19,23)(H,21,22). The van der Waals surface area contributed by atoms with E-state index in [1.807, 2.05) is 30.3 Å². The molecule has 0 atom stereocenters. The van der Waals surface area contributed by atoms with E-state index in [2.05, 4.69) is 5.32 Å². The third kappa shape index (κ3) is 6.33. The highest BCUT2D eigenvalue weighted by atomic mass is 16.6. The van der Waals surface area contributed by atoms with Gasteiger partial charge in [-0.05, 0) is 24.3 Å². The van der Waals surface area contributed by atoms with Gasteiger partial charge in [0.05, 0.1) is 13.2 Å². The molecule has 0 radical (unpaired) electrons. The van der Waals surface area contributed by atoms with Gasteiger partial charge in [-0.25, -0.2) is 9.59 Å². The van der Waals surface area contributed by atoms with Gasteiger partial charge in [-0.15, -0.1) is 0 Å². The van der Waals surface area contributed by atoms with Crippen molar-refractivity contribution < 1.29 is 34.0 Å². The molecule has 138 valence electrons. The number of hydrogen-bond acceptors (Lipinski definition) is 6. The Morgan fingerprint density at radius 2 is 1.69 bits per heavy atom. The Kier molecular flexibility index (Phi) is 7.26. The number of carbonyl (C=O) groups is 2. The molecule has 0 bridgehead atoms. The summed E-state index contributed by atoms with van der Waals surface area (Å²) in [6, 6.07) is 13.0. The normalized spacial score (nSPS) is 10.2. The lowest BCUT2D eigenvalue weighted by molar-refractivity contribution is 0.0617. The van der Waals surface area contributed by atoms with Crippen molar-refractivity contribution in [2.24, 2.45) is 0 Å². The highest BCUT2D eigenvalue weighted by Crippen LogP contribution is 2.21. The second kappa shape index (κ2) is 9.90. The predicted octanol–water partition coefficient (Wildman–Crippen LogP) is 2.73. The van der Waals surface area contributed by atoms with Crippen LogP contribution in [0.1, 0.15) is 10.4 Å². The number of carbonyl (C=O) groups excluding carboxylic acids is 1. The van der Waals surface area contributed by atoms with E-state index in [1.54, 1.807) is 0 Å². The molecule has 8 heteroatoms. The minimum atomic E-state index is -1.26. The summed E-state index contributed by atoms with van der Waals surface area (Å²) in [6.45, 7) is 0.973. The van der Waals surface area contributed by atoms with E-state index in [4.69, 9.17) is 19.3 Å². The number of rotatable bonds is 9. The Labute approximate surface area is 149 Å². The highest BCUT2D eigenvalue weighted by molar-refractivity contribution is 5.92. The number of hydrogen-bond donors (Lipinski definition) is 3. The first-order valence-electron chi connectivity index (χ1n) is 7.82. The van der Waals surface area contributed by atoms with Gasteiger partial charge >= 0.3 is 12.1 Å². The molecule has 2 aromatic carbocycles. The molecule has 0 aliphatic rings. The van der Waals surface area contributed by atoms with Crippen molar-refractivity contribution >= 4 is 17.7 Å². The molecule has 0 spiro atoms. The molecule has 26 heavy (non-hydrogen) atoms. The molecule has 0 unspecified atom stereocenters. The highest BCUT2D eigenvalue weighted by Gasteiger charge is 2.11. The number of para-hydroxylation sites is 1. The van der Waals surface area contributed by atoms with E-state index < -0.39 is 17.8 Å². The maximum atomic E-state index is 11.6. The Morgan fingerprint density at radius 1 is 0.962 bits per heavy atom. The maximum absolute atomic E-state index is 11.6. The van der Waals surface area contributed by atoms with Gasteiger partial charge in [-0.2, -0.15) is 0 Å². The molecule has 2 rings (SSSR count). The molecule has 2 aromatic rings. The number of amides is 1. The number of aromatic carboxylic acids is 1. The lowest BCUT2D eigenvalue weighted by Crippen LogP contribution is -2.18. The van der Waals surface area contributed by atoms with Gasteiger partial charge < -0.3 is 24.4 Å². The van der Waals surface area contributed by atoms with Gasteiger partial charge in [-0.1, -0.05) is 18.2 Å². The molecule has 0 aliphatic carbocycles. The summed E-state index contributed by atoms with van der Waals surface area (Å²) in [5, 5.41) is 20.7. The molecule has 0 aromatic heterocycles. The van der Waals surface area contributed by atoms with Crippen LogP contribution in [-0.2, 0) is 9.47 Å². The molecule has 0 saturated heterocycles. The van der Waals surface area contributed by atoms with Crippen molar-refractivity contribution in [1.82, 2.24) is 0 Å². The maximum Gasteiger partial charge on any atom is 0.411 e. The first kappa shape index (κ1) is 19.1. The number of phenols is 1. The van der Waals surface area contributed by atoms with Crippen LogP contribution >= 0.6 is 0 Å². The fraction of sp³-hybridized carbons (Fsp3) is 0.222. The number of benzene rings is 2. The smallest absolute Gasteiger partial charge is 0.411 e. The van der Waals surface area contributed by atoms with Gasteiger partial charge in [0.2, 0.25) is 0 Å². The molecule has 0 aliphatic heterocycles. The van der Waals surface area contributed by atoms with Crippen LogP contribution in [0.15, 0.2) is 48.5 Å². The van der Waals surface area contributed by atoms with Gasteiger partial charge in [-0.3, -0.25) is 5.32 Å². The zero-order chi connectivity index (χ0) is 18.8. The van der Waals surface area contributed by atoms with Crippen LogP contribution in [0.3, 0.4) is 0 Å². The fourth-order valence-electron chi connectivity index (χ4n) is 1.97. The van der Waals surface area contributed by atoms with Crippen molar-refractivity contribution in [3.05, 3.63) is 54.1 Å². The third-order valence-electron chi connectivity index (χ3n) is 3.17. The van der Waals surface area contributed by atoms with Gasteiger partial charge in [0.25, 0.3) is 0 Å². The monoisotopic (exact) mass is 361 g/mol. The van der Waals surface area contributed by atoms with E-state index in [0.29, 0.717) is 13.2 Å². The van der Waals surface area contributed by atoms with Crippen LogP contribution in [0, 0.1) is 0 Å². The zero-order valence-corrected chi connectivity index (χ0v) is 13.9. The van der Waals surface area contributed by atoms with Crippen LogP contribution in [0.25, 0.3) is 0 Å². The van der Waals surface area contributed by atoms with E-state index in [-0.39, 0.29) is 24.5 Å². The molecule has 3 N–H and O–H groups in total. The summed E-state index contributed by atoms with van der Waals surface area (Å²) in [7, 11) is 0. The second-order valence-corrected chi connectivity index (χ2v) is 5.07. The molecule has 8 nitrogen and oxygen atoms in total. The number of ether oxygens (including phenoxy) is 3. The average Bonchev–Trinajstić information content (AvgIpc) is 2.61. The average molecular weight is 361 g/mol. The lowest BCUT2D eigenvalue weighted by atomic mass is 10.2. The summed E-state index contributed by atoms with van der Waals surface area (Å²) in [6.07, 6.45) is -0.739. The summed E-state index contributed by atoms with van der Waals surface area (Å²) in [5.41, 5.74) is -0.0373. The Balaban J connectivity index is 1.59. The van der Waals surface area contributed by atoms with E-state index >= 15 is 0 Å².